The maximum absolute atomic E-state index is 10.8. The highest BCUT2D eigenvalue weighted by Crippen LogP contribution is 2.17. The number of hydrogen-bond donors (Lipinski definition) is 1. The van der Waals surface area contributed by atoms with Crippen molar-refractivity contribution in [3.05, 3.63) is 48.0 Å². The van der Waals surface area contributed by atoms with E-state index in [-0.39, 0.29) is 5.56 Å². The zero-order chi connectivity index (χ0) is 9.84. The van der Waals surface area contributed by atoms with Crippen molar-refractivity contribution in [1.29, 1.82) is 0 Å². The number of rotatable bonds is 3. The van der Waals surface area contributed by atoms with Crippen LogP contribution in [0, 0.1) is 0 Å². The highest BCUT2D eigenvalue weighted by molar-refractivity contribution is 5.93. The molecule has 0 spiro atoms. The molecule has 0 aliphatic rings. The summed E-state index contributed by atoms with van der Waals surface area (Å²) < 4.78 is 0. The summed E-state index contributed by atoms with van der Waals surface area (Å²) in [5.74, 6) is -0.946. The molecule has 0 saturated heterocycles. The third-order valence-corrected chi connectivity index (χ3v) is 1.79. The van der Waals surface area contributed by atoms with Gasteiger partial charge < -0.3 is 5.11 Å². The van der Waals surface area contributed by atoms with Crippen LogP contribution < -0.4 is 0 Å². The Morgan fingerprint density at radius 2 is 2.00 bits per heavy atom. The van der Waals surface area contributed by atoms with Crippen molar-refractivity contribution in [2.24, 2.45) is 0 Å². The summed E-state index contributed by atoms with van der Waals surface area (Å²) in [6, 6.07) is 5.04. The second-order valence-electron chi connectivity index (χ2n) is 2.52. The van der Waals surface area contributed by atoms with E-state index in [4.69, 9.17) is 5.11 Å². The van der Waals surface area contributed by atoms with Gasteiger partial charge in [-0.3, -0.25) is 0 Å². The van der Waals surface area contributed by atoms with Crippen molar-refractivity contribution >= 4 is 18.1 Å². The van der Waals surface area contributed by atoms with Crippen LogP contribution >= 0.6 is 0 Å². The van der Waals surface area contributed by atoms with Gasteiger partial charge in [0.25, 0.3) is 0 Å². The highest BCUT2D eigenvalue weighted by atomic mass is 16.4. The van der Waals surface area contributed by atoms with E-state index in [0.29, 0.717) is 5.56 Å². The van der Waals surface area contributed by atoms with Gasteiger partial charge in [0.1, 0.15) is 0 Å². The maximum atomic E-state index is 10.8. The lowest BCUT2D eigenvalue weighted by Crippen LogP contribution is -2.00. The molecule has 0 bridgehead atoms. The minimum absolute atomic E-state index is 0.257. The van der Waals surface area contributed by atoms with E-state index in [1.165, 1.54) is 6.08 Å². The Labute approximate surface area is 76.8 Å². The Hall–Kier alpha value is -1.83. The average Bonchev–Trinajstić information content (AvgIpc) is 2.16. The molecule has 1 aromatic rings. The minimum atomic E-state index is -0.946. The highest BCUT2D eigenvalue weighted by Gasteiger charge is 2.08. The van der Waals surface area contributed by atoms with Crippen molar-refractivity contribution in [2.45, 2.75) is 0 Å². The van der Waals surface area contributed by atoms with E-state index in [1.54, 1.807) is 24.3 Å². The first-order valence-corrected chi connectivity index (χ1v) is 3.82. The van der Waals surface area contributed by atoms with Gasteiger partial charge in [-0.15, -0.1) is 0 Å². The van der Waals surface area contributed by atoms with Gasteiger partial charge in [0.15, 0.2) is 0 Å². The summed E-state index contributed by atoms with van der Waals surface area (Å²) >= 11 is 0. The number of hydrogen-bond acceptors (Lipinski definition) is 1. The second kappa shape index (κ2) is 3.72. The molecule has 0 radical (unpaired) electrons. The van der Waals surface area contributed by atoms with Crippen LogP contribution in [-0.2, 0) is 0 Å². The zero-order valence-corrected chi connectivity index (χ0v) is 7.16. The Morgan fingerprint density at radius 3 is 2.46 bits per heavy atom. The molecule has 1 N–H and O–H groups in total. The molecular formula is C11H10O2. The van der Waals surface area contributed by atoms with Crippen molar-refractivity contribution in [2.75, 3.05) is 0 Å². The lowest BCUT2D eigenvalue weighted by atomic mass is 10.0. The van der Waals surface area contributed by atoms with Gasteiger partial charge >= 0.3 is 5.97 Å². The molecule has 66 valence electrons. The molecule has 0 amide bonds. The van der Waals surface area contributed by atoms with Crippen molar-refractivity contribution in [3.63, 3.8) is 0 Å². The largest absolute Gasteiger partial charge is 0.478 e. The number of carboxylic acids is 1. The lowest BCUT2D eigenvalue weighted by molar-refractivity contribution is 0.0696. The van der Waals surface area contributed by atoms with Crippen LogP contribution in [0.1, 0.15) is 21.5 Å². The van der Waals surface area contributed by atoms with Gasteiger partial charge in [0, 0.05) is 0 Å². The fraction of sp³-hybridized carbons (Fsp3) is 0. The summed E-state index contributed by atoms with van der Waals surface area (Å²) in [6.45, 7) is 7.17. The molecule has 1 aromatic carbocycles. The molecule has 2 heteroatoms. The van der Waals surface area contributed by atoms with Crippen molar-refractivity contribution < 1.29 is 9.90 Å². The number of carboxylic acid groups (broad SMARTS) is 1. The minimum Gasteiger partial charge on any atom is -0.478 e. The number of benzene rings is 1. The van der Waals surface area contributed by atoms with Crippen LogP contribution in [0.15, 0.2) is 31.4 Å². The van der Waals surface area contributed by atoms with Gasteiger partial charge in [0.2, 0.25) is 0 Å². The fourth-order valence-corrected chi connectivity index (χ4v) is 1.18. The van der Waals surface area contributed by atoms with Gasteiger partial charge in [-0.1, -0.05) is 37.4 Å². The molecular weight excluding hydrogens is 164 g/mol. The molecule has 0 aliphatic carbocycles. The van der Waals surface area contributed by atoms with Gasteiger partial charge in [-0.2, -0.15) is 0 Å². The summed E-state index contributed by atoms with van der Waals surface area (Å²) in [7, 11) is 0. The first-order valence-electron chi connectivity index (χ1n) is 3.82. The first kappa shape index (κ1) is 9.26. The molecule has 0 saturated carbocycles. The normalized spacial score (nSPS) is 9.23. The van der Waals surface area contributed by atoms with E-state index in [0.717, 1.165) is 5.56 Å². The standard InChI is InChI=1S/C11H10O2/c1-3-8-6-5-7-10(11(12)13)9(8)4-2/h3-7H,1-2H2,(H,12,13). The van der Waals surface area contributed by atoms with E-state index >= 15 is 0 Å². The first-order chi connectivity index (χ1) is 6.20. The SMILES string of the molecule is C=Cc1cccc(C(=O)O)c1C=C. The summed E-state index contributed by atoms with van der Waals surface area (Å²) in [4.78, 5) is 10.8. The summed E-state index contributed by atoms with van der Waals surface area (Å²) in [6.07, 6.45) is 3.14. The molecule has 13 heavy (non-hydrogen) atoms. The molecule has 0 aromatic heterocycles. The number of aromatic carboxylic acids is 1. The van der Waals surface area contributed by atoms with Crippen LogP contribution in [0.5, 0.6) is 0 Å². The van der Waals surface area contributed by atoms with Crippen molar-refractivity contribution in [1.82, 2.24) is 0 Å². The third kappa shape index (κ3) is 1.67. The average molecular weight is 174 g/mol. The van der Waals surface area contributed by atoms with E-state index in [9.17, 15) is 4.79 Å². The second-order valence-corrected chi connectivity index (χ2v) is 2.52. The topological polar surface area (TPSA) is 37.3 Å². The Balaban J connectivity index is 3.43. The summed E-state index contributed by atoms with van der Waals surface area (Å²) in [5, 5.41) is 8.83. The van der Waals surface area contributed by atoms with Crippen LogP contribution in [0.2, 0.25) is 0 Å². The maximum Gasteiger partial charge on any atom is 0.336 e. The lowest BCUT2D eigenvalue weighted by Gasteiger charge is -2.04. The van der Waals surface area contributed by atoms with E-state index in [1.807, 2.05) is 0 Å². The van der Waals surface area contributed by atoms with Crippen LogP contribution in [0.25, 0.3) is 12.2 Å². The predicted molar refractivity (Wildman–Crippen MR) is 53.6 cm³/mol. The molecule has 1 rings (SSSR count). The molecule has 0 fully saturated rings. The van der Waals surface area contributed by atoms with Crippen LogP contribution in [-0.4, -0.2) is 11.1 Å². The number of carbonyl (C=O) groups is 1. The van der Waals surface area contributed by atoms with Crippen LogP contribution in [0.3, 0.4) is 0 Å². The molecule has 2 nitrogen and oxygen atoms in total. The third-order valence-electron chi connectivity index (χ3n) is 1.79. The van der Waals surface area contributed by atoms with E-state index < -0.39 is 5.97 Å². The van der Waals surface area contributed by atoms with Crippen molar-refractivity contribution in [3.8, 4) is 0 Å². The smallest absolute Gasteiger partial charge is 0.336 e. The predicted octanol–water partition coefficient (Wildman–Crippen LogP) is 2.67. The van der Waals surface area contributed by atoms with Gasteiger partial charge in [0.05, 0.1) is 5.56 Å². The zero-order valence-electron chi connectivity index (χ0n) is 7.16. The Morgan fingerprint density at radius 1 is 1.31 bits per heavy atom. The summed E-state index contributed by atoms with van der Waals surface area (Å²) in [5.41, 5.74) is 1.66. The monoisotopic (exact) mass is 174 g/mol. The molecule has 0 aliphatic heterocycles. The quantitative estimate of drug-likeness (QED) is 0.764. The molecule has 0 unspecified atom stereocenters. The molecule has 0 heterocycles. The fourth-order valence-electron chi connectivity index (χ4n) is 1.18. The van der Waals surface area contributed by atoms with E-state index in [2.05, 4.69) is 13.2 Å². The van der Waals surface area contributed by atoms with Crippen LogP contribution in [0.4, 0.5) is 0 Å². The molecule has 0 atom stereocenters. The Kier molecular flexibility index (Phi) is 2.65. The van der Waals surface area contributed by atoms with Gasteiger partial charge in [-0.25, -0.2) is 4.79 Å². The Bertz CT molecular complexity index is 364. The van der Waals surface area contributed by atoms with Gasteiger partial charge in [-0.05, 0) is 17.2 Å².